The summed E-state index contributed by atoms with van der Waals surface area (Å²) in [6, 6.07) is 9.76. The molecule has 1 unspecified atom stereocenters. The predicted molar refractivity (Wildman–Crippen MR) is 69.5 cm³/mol. The highest BCUT2D eigenvalue weighted by Crippen LogP contribution is 2.18. The quantitative estimate of drug-likeness (QED) is 0.757. The highest BCUT2D eigenvalue weighted by molar-refractivity contribution is 5.25. The Morgan fingerprint density at radius 2 is 2.25 bits per heavy atom. The fourth-order valence-corrected chi connectivity index (χ4v) is 2.31. The smallest absolute Gasteiger partial charge is 0.0297 e. The van der Waals surface area contributed by atoms with Gasteiger partial charge in [-0.2, -0.15) is 0 Å². The average Bonchev–Trinajstić information content (AvgIpc) is 2.30. The van der Waals surface area contributed by atoms with Crippen LogP contribution in [0.2, 0.25) is 0 Å². The van der Waals surface area contributed by atoms with Crippen LogP contribution < -0.4 is 5.32 Å². The lowest BCUT2D eigenvalue weighted by molar-refractivity contribution is 0.467. The Balaban J connectivity index is 1.99. The molecule has 0 aromatic heterocycles. The molecule has 2 atom stereocenters. The zero-order chi connectivity index (χ0) is 11.4. The molecule has 1 aliphatic rings. The van der Waals surface area contributed by atoms with E-state index >= 15 is 0 Å². The van der Waals surface area contributed by atoms with Gasteiger partial charge in [-0.25, -0.2) is 0 Å². The van der Waals surface area contributed by atoms with Gasteiger partial charge >= 0.3 is 0 Å². The van der Waals surface area contributed by atoms with Crippen LogP contribution in [0, 0.1) is 6.92 Å². The van der Waals surface area contributed by atoms with Crippen LogP contribution in [0.1, 0.15) is 43.4 Å². The summed E-state index contributed by atoms with van der Waals surface area (Å²) in [6.45, 7) is 4.40. The van der Waals surface area contributed by atoms with Crippen LogP contribution in [-0.4, -0.2) is 6.04 Å². The first kappa shape index (κ1) is 11.4. The number of rotatable bonds is 3. The molecule has 1 aromatic rings. The molecule has 0 saturated carbocycles. The molecule has 1 aliphatic carbocycles. The summed E-state index contributed by atoms with van der Waals surface area (Å²) in [4.78, 5) is 0. The van der Waals surface area contributed by atoms with Crippen molar-refractivity contribution in [2.45, 2.75) is 45.2 Å². The third-order valence-electron chi connectivity index (χ3n) is 3.26. The zero-order valence-electron chi connectivity index (χ0n) is 10.2. The van der Waals surface area contributed by atoms with Crippen LogP contribution in [-0.2, 0) is 0 Å². The number of hydrogen-bond acceptors (Lipinski definition) is 1. The maximum atomic E-state index is 3.68. The molecule has 0 spiro atoms. The van der Waals surface area contributed by atoms with Crippen molar-refractivity contribution in [3.8, 4) is 0 Å². The van der Waals surface area contributed by atoms with Gasteiger partial charge in [0.15, 0.2) is 0 Å². The minimum absolute atomic E-state index is 0.438. The van der Waals surface area contributed by atoms with Crippen LogP contribution in [0.25, 0.3) is 0 Å². The van der Waals surface area contributed by atoms with E-state index in [1.807, 2.05) is 0 Å². The molecule has 0 saturated heterocycles. The second kappa shape index (κ2) is 5.31. The van der Waals surface area contributed by atoms with Gasteiger partial charge in [0.25, 0.3) is 0 Å². The van der Waals surface area contributed by atoms with E-state index in [0.29, 0.717) is 12.1 Å². The number of benzene rings is 1. The third kappa shape index (κ3) is 2.96. The monoisotopic (exact) mass is 215 g/mol. The summed E-state index contributed by atoms with van der Waals surface area (Å²) >= 11 is 0. The SMILES string of the molecule is Cc1cccc([C@@H](C)NC2C=CCCC2)c1. The van der Waals surface area contributed by atoms with Gasteiger partial charge in [0.2, 0.25) is 0 Å². The molecule has 2 rings (SSSR count). The van der Waals surface area contributed by atoms with Crippen molar-refractivity contribution in [2.24, 2.45) is 0 Å². The van der Waals surface area contributed by atoms with Crippen LogP contribution in [0.4, 0.5) is 0 Å². The third-order valence-corrected chi connectivity index (χ3v) is 3.26. The van der Waals surface area contributed by atoms with E-state index in [1.165, 1.54) is 30.4 Å². The van der Waals surface area contributed by atoms with Gasteiger partial charge in [-0.05, 0) is 38.7 Å². The fourth-order valence-electron chi connectivity index (χ4n) is 2.31. The van der Waals surface area contributed by atoms with E-state index in [-0.39, 0.29) is 0 Å². The Kier molecular flexibility index (Phi) is 3.79. The van der Waals surface area contributed by atoms with E-state index < -0.39 is 0 Å². The van der Waals surface area contributed by atoms with Gasteiger partial charge in [0, 0.05) is 12.1 Å². The Morgan fingerprint density at radius 1 is 1.38 bits per heavy atom. The van der Waals surface area contributed by atoms with Gasteiger partial charge in [-0.3, -0.25) is 0 Å². The van der Waals surface area contributed by atoms with Gasteiger partial charge < -0.3 is 5.32 Å². The first-order valence-corrected chi connectivity index (χ1v) is 6.25. The second-order valence-corrected chi connectivity index (χ2v) is 4.77. The molecular formula is C15H21N. The summed E-state index contributed by atoms with van der Waals surface area (Å²) in [6.07, 6.45) is 8.44. The molecule has 86 valence electrons. The standard InChI is InChI=1S/C15H21N/c1-12-7-6-8-14(11-12)13(2)16-15-9-4-3-5-10-15/h4,6-9,11,13,15-16H,3,5,10H2,1-2H3/t13-,15?/m1/s1. The lowest BCUT2D eigenvalue weighted by Crippen LogP contribution is -2.30. The highest BCUT2D eigenvalue weighted by Gasteiger charge is 2.12. The summed E-state index contributed by atoms with van der Waals surface area (Å²) in [5, 5.41) is 3.68. The minimum Gasteiger partial charge on any atom is -0.304 e. The Hall–Kier alpha value is -1.08. The molecular weight excluding hydrogens is 194 g/mol. The normalized spacial score (nSPS) is 22.0. The maximum absolute atomic E-state index is 3.68. The van der Waals surface area contributed by atoms with E-state index in [4.69, 9.17) is 0 Å². The zero-order valence-corrected chi connectivity index (χ0v) is 10.2. The van der Waals surface area contributed by atoms with Crippen molar-refractivity contribution in [1.29, 1.82) is 0 Å². The predicted octanol–water partition coefficient (Wildman–Crippen LogP) is 3.75. The van der Waals surface area contributed by atoms with E-state index in [2.05, 4.69) is 55.6 Å². The summed E-state index contributed by atoms with van der Waals surface area (Å²) in [7, 11) is 0. The highest BCUT2D eigenvalue weighted by atomic mass is 14.9. The Labute approximate surface area is 98.6 Å². The van der Waals surface area contributed by atoms with E-state index in [1.54, 1.807) is 0 Å². The minimum atomic E-state index is 0.438. The molecule has 1 N–H and O–H groups in total. The fraction of sp³-hybridized carbons (Fsp3) is 0.467. The molecule has 0 bridgehead atoms. The van der Waals surface area contributed by atoms with Gasteiger partial charge in [0.05, 0.1) is 0 Å². The molecule has 1 nitrogen and oxygen atoms in total. The number of nitrogens with one attached hydrogen (secondary N) is 1. The van der Waals surface area contributed by atoms with Crippen LogP contribution in [0.3, 0.4) is 0 Å². The largest absolute Gasteiger partial charge is 0.304 e. The van der Waals surface area contributed by atoms with Crippen molar-refractivity contribution < 1.29 is 0 Å². The Bertz CT molecular complexity index is 367. The Morgan fingerprint density at radius 3 is 2.94 bits per heavy atom. The molecule has 0 aliphatic heterocycles. The summed E-state index contributed by atoms with van der Waals surface area (Å²) < 4.78 is 0. The van der Waals surface area contributed by atoms with Crippen molar-refractivity contribution in [2.75, 3.05) is 0 Å². The molecule has 0 radical (unpaired) electrons. The van der Waals surface area contributed by atoms with E-state index in [9.17, 15) is 0 Å². The van der Waals surface area contributed by atoms with E-state index in [0.717, 1.165) is 0 Å². The molecule has 0 heterocycles. The van der Waals surface area contributed by atoms with Crippen molar-refractivity contribution in [3.05, 3.63) is 47.5 Å². The lowest BCUT2D eigenvalue weighted by atomic mass is 10.00. The van der Waals surface area contributed by atoms with Crippen LogP contribution in [0.5, 0.6) is 0 Å². The van der Waals surface area contributed by atoms with Crippen molar-refractivity contribution in [3.63, 3.8) is 0 Å². The van der Waals surface area contributed by atoms with Crippen LogP contribution in [0.15, 0.2) is 36.4 Å². The number of aryl methyl sites for hydroxylation is 1. The molecule has 0 fully saturated rings. The van der Waals surface area contributed by atoms with Gasteiger partial charge in [0.1, 0.15) is 0 Å². The lowest BCUT2D eigenvalue weighted by Gasteiger charge is -2.23. The summed E-state index contributed by atoms with van der Waals surface area (Å²) in [5.74, 6) is 0. The number of allylic oxidation sites excluding steroid dienone is 1. The summed E-state index contributed by atoms with van der Waals surface area (Å²) in [5.41, 5.74) is 2.73. The van der Waals surface area contributed by atoms with Crippen molar-refractivity contribution >= 4 is 0 Å². The van der Waals surface area contributed by atoms with Gasteiger partial charge in [-0.15, -0.1) is 0 Å². The molecule has 16 heavy (non-hydrogen) atoms. The van der Waals surface area contributed by atoms with Crippen LogP contribution >= 0.6 is 0 Å². The maximum Gasteiger partial charge on any atom is 0.0297 e. The first-order valence-electron chi connectivity index (χ1n) is 6.25. The molecule has 0 amide bonds. The van der Waals surface area contributed by atoms with Crippen molar-refractivity contribution in [1.82, 2.24) is 5.32 Å². The van der Waals surface area contributed by atoms with Gasteiger partial charge in [-0.1, -0.05) is 42.0 Å². The molecule has 1 aromatic carbocycles. The average molecular weight is 215 g/mol. The number of hydrogen-bond donors (Lipinski definition) is 1. The second-order valence-electron chi connectivity index (χ2n) is 4.77. The molecule has 1 heteroatoms. The first-order chi connectivity index (χ1) is 7.75. The topological polar surface area (TPSA) is 12.0 Å².